The molecule has 2 atom stereocenters. The lowest BCUT2D eigenvalue weighted by Gasteiger charge is -2.16. The minimum Gasteiger partial charge on any atom is -0.386 e. The Morgan fingerprint density at radius 3 is 2.43 bits per heavy atom. The van der Waals surface area contributed by atoms with Crippen LogP contribution in [0.3, 0.4) is 0 Å². The van der Waals surface area contributed by atoms with Crippen LogP contribution in [0.15, 0.2) is 25.3 Å². The normalized spacial score (nSPS) is 14.7. The molecular formula is C12H22O2. The molecule has 0 aromatic heterocycles. The van der Waals surface area contributed by atoms with Crippen molar-refractivity contribution in [3.8, 4) is 0 Å². The van der Waals surface area contributed by atoms with Crippen LogP contribution in [0.25, 0.3) is 0 Å². The molecule has 0 fully saturated rings. The van der Waals surface area contributed by atoms with Crippen molar-refractivity contribution in [1.82, 2.24) is 0 Å². The lowest BCUT2D eigenvalue weighted by Crippen LogP contribution is -2.25. The Morgan fingerprint density at radius 1 is 1.21 bits per heavy atom. The Labute approximate surface area is 87.3 Å². The fraction of sp³-hybridized carbons (Fsp3) is 0.667. The van der Waals surface area contributed by atoms with E-state index in [2.05, 4.69) is 20.1 Å². The van der Waals surface area contributed by atoms with Gasteiger partial charge in [-0.25, -0.2) is 0 Å². The van der Waals surface area contributed by atoms with E-state index in [9.17, 15) is 5.11 Å². The summed E-state index contributed by atoms with van der Waals surface area (Å²) in [5.74, 6) is 0. The molecule has 2 nitrogen and oxygen atoms in total. The van der Waals surface area contributed by atoms with Gasteiger partial charge in [-0.3, -0.25) is 0 Å². The second-order valence-electron chi connectivity index (χ2n) is 3.36. The van der Waals surface area contributed by atoms with E-state index in [1.807, 2.05) is 0 Å². The van der Waals surface area contributed by atoms with Gasteiger partial charge in [0.25, 0.3) is 0 Å². The minimum absolute atomic E-state index is 0.311. The molecule has 0 aromatic carbocycles. The highest BCUT2D eigenvalue weighted by Gasteiger charge is 2.11. The third-order valence-electron chi connectivity index (χ3n) is 2.12. The maximum Gasteiger partial charge on any atom is 0.105 e. The van der Waals surface area contributed by atoms with E-state index in [1.54, 1.807) is 6.08 Å². The number of unbranched alkanes of at least 4 members (excludes halogenated alkanes) is 3. The van der Waals surface area contributed by atoms with Crippen LogP contribution < -0.4 is 0 Å². The van der Waals surface area contributed by atoms with Gasteiger partial charge in [-0.2, -0.15) is 0 Å². The number of aliphatic hydroxyl groups is 1. The van der Waals surface area contributed by atoms with E-state index in [1.165, 1.54) is 25.3 Å². The Morgan fingerprint density at radius 2 is 1.93 bits per heavy atom. The summed E-state index contributed by atoms with van der Waals surface area (Å²) >= 11 is 0. The molecule has 0 rings (SSSR count). The van der Waals surface area contributed by atoms with Gasteiger partial charge in [-0.15, -0.1) is 13.2 Å². The summed E-state index contributed by atoms with van der Waals surface area (Å²) in [5, 5.41) is 9.41. The highest BCUT2D eigenvalue weighted by Crippen LogP contribution is 2.05. The Hall–Kier alpha value is -0.600. The summed E-state index contributed by atoms with van der Waals surface area (Å²) in [6.07, 6.45) is 6.83. The highest BCUT2D eigenvalue weighted by molar-refractivity contribution is 4.94. The molecule has 2 heteroatoms. The van der Waals surface area contributed by atoms with Gasteiger partial charge in [0, 0.05) is 6.61 Å². The second kappa shape index (κ2) is 8.97. The molecule has 0 aromatic rings. The largest absolute Gasteiger partial charge is 0.386 e. The predicted molar refractivity (Wildman–Crippen MR) is 60.3 cm³/mol. The first-order chi connectivity index (χ1) is 6.76. The first-order valence-corrected chi connectivity index (χ1v) is 5.31. The molecule has 1 N–H and O–H groups in total. The number of ether oxygens (including phenoxy) is 1. The smallest absolute Gasteiger partial charge is 0.105 e. The van der Waals surface area contributed by atoms with Crippen LogP contribution in [0.5, 0.6) is 0 Å². The van der Waals surface area contributed by atoms with Crippen molar-refractivity contribution in [2.75, 3.05) is 6.61 Å². The number of hydrogen-bond donors (Lipinski definition) is 1. The molecule has 0 saturated carbocycles. The molecule has 0 bridgehead atoms. The van der Waals surface area contributed by atoms with Crippen molar-refractivity contribution in [2.24, 2.45) is 0 Å². The van der Waals surface area contributed by atoms with E-state index < -0.39 is 6.10 Å². The van der Waals surface area contributed by atoms with Crippen molar-refractivity contribution in [3.05, 3.63) is 25.3 Å². The number of aliphatic hydroxyl groups excluding tert-OH is 1. The van der Waals surface area contributed by atoms with Crippen LogP contribution in [0, 0.1) is 0 Å². The SMILES string of the molecule is C=CC(O)C(C=C)OCCCCCC. The van der Waals surface area contributed by atoms with Crippen molar-refractivity contribution in [2.45, 2.75) is 44.8 Å². The first-order valence-electron chi connectivity index (χ1n) is 5.31. The summed E-state index contributed by atoms with van der Waals surface area (Å²) in [7, 11) is 0. The second-order valence-corrected chi connectivity index (χ2v) is 3.36. The van der Waals surface area contributed by atoms with Crippen LogP contribution in [-0.4, -0.2) is 23.9 Å². The first kappa shape index (κ1) is 13.4. The maximum atomic E-state index is 9.41. The summed E-state index contributed by atoms with van der Waals surface area (Å²) in [5.41, 5.74) is 0. The molecule has 14 heavy (non-hydrogen) atoms. The summed E-state index contributed by atoms with van der Waals surface area (Å²) < 4.78 is 5.45. The third kappa shape index (κ3) is 5.95. The standard InChI is InChI=1S/C12H22O2/c1-4-7-8-9-10-14-12(6-3)11(13)5-2/h5-6,11-13H,2-4,7-10H2,1H3. The lowest BCUT2D eigenvalue weighted by molar-refractivity contribution is 0.0101. The zero-order valence-electron chi connectivity index (χ0n) is 9.11. The van der Waals surface area contributed by atoms with E-state index in [0.717, 1.165) is 6.42 Å². The van der Waals surface area contributed by atoms with E-state index in [-0.39, 0.29) is 6.10 Å². The summed E-state index contributed by atoms with van der Waals surface area (Å²) in [6, 6.07) is 0. The van der Waals surface area contributed by atoms with Crippen molar-refractivity contribution in [1.29, 1.82) is 0 Å². The van der Waals surface area contributed by atoms with Crippen molar-refractivity contribution >= 4 is 0 Å². The zero-order chi connectivity index (χ0) is 10.8. The van der Waals surface area contributed by atoms with E-state index in [0.29, 0.717) is 6.61 Å². The summed E-state index contributed by atoms with van der Waals surface area (Å²) in [6.45, 7) is 9.98. The molecule has 0 saturated heterocycles. The molecule has 0 aliphatic heterocycles. The molecule has 0 radical (unpaired) electrons. The van der Waals surface area contributed by atoms with Gasteiger partial charge in [-0.05, 0) is 6.42 Å². The summed E-state index contributed by atoms with van der Waals surface area (Å²) in [4.78, 5) is 0. The van der Waals surface area contributed by atoms with Crippen LogP contribution in [0.4, 0.5) is 0 Å². The average Bonchev–Trinajstić information content (AvgIpc) is 2.22. The fourth-order valence-corrected chi connectivity index (χ4v) is 1.19. The third-order valence-corrected chi connectivity index (χ3v) is 2.12. The topological polar surface area (TPSA) is 29.5 Å². The van der Waals surface area contributed by atoms with Gasteiger partial charge in [0.2, 0.25) is 0 Å². The highest BCUT2D eigenvalue weighted by atomic mass is 16.5. The molecule has 82 valence electrons. The van der Waals surface area contributed by atoms with Crippen LogP contribution in [0.2, 0.25) is 0 Å². The predicted octanol–water partition coefficient (Wildman–Crippen LogP) is 2.68. The lowest BCUT2D eigenvalue weighted by atomic mass is 10.2. The molecule has 0 amide bonds. The molecule has 0 spiro atoms. The minimum atomic E-state index is -0.640. The fourth-order valence-electron chi connectivity index (χ4n) is 1.19. The van der Waals surface area contributed by atoms with Crippen LogP contribution in [-0.2, 0) is 4.74 Å². The average molecular weight is 198 g/mol. The zero-order valence-corrected chi connectivity index (χ0v) is 9.11. The Kier molecular flexibility index (Phi) is 8.59. The van der Waals surface area contributed by atoms with E-state index in [4.69, 9.17) is 4.74 Å². The van der Waals surface area contributed by atoms with Crippen molar-refractivity contribution < 1.29 is 9.84 Å². The monoisotopic (exact) mass is 198 g/mol. The van der Waals surface area contributed by atoms with Gasteiger partial charge in [-0.1, -0.05) is 38.3 Å². The maximum absolute atomic E-state index is 9.41. The quantitative estimate of drug-likeness (QED) is 0.456. The van der Waals surface area contributed by atoms with Gasteiger partial charge in [0.1, 0.15) is 12.2 Å². The molecular weight excluding hydrogens is 176 g/mol. The Bertz CT molecular complexity index is 154. The van der Waals surface area contributed by atoms with Gasteiger partial charge in [0.05, 0.1) is 0 Å². The molecule has 0 aliphatic carbocycles. The van der Waals surface area contributed by atoms with Crippen LogP contribution in [0.1, 0.15) is 32.6 Å². The van der Waals surface area contributed by atoms with Crippen molar-refractivity contribution in [3.63, 3.8) is 0 Å². The number of rotatable bonds is 9. The molecule has 0 heterocycles. The van der Waals surface area contributed by atoms with Gasteiger partial charge < -0.3 is 9.84 Å². The van der Waals surface area contributed by atoms with Crippen LogP contribution >= 0.6 is 0 Å². The molecule has 2 unspecified atom stereocenters. The Balaban J connectivity index is 3.52. The van der Waals surface area contributed by atoms with Gasteiger partial charge in [0.15, 0.2) is 0 Å². The number of hydrogen-bond acceptors (Lipinski definition) is 2. The van der Waals surface area contributed by atoms with E-state index >= 15 is 0 Å². The molecule has 0 aliphatic rings. The van der Waals surface area contributed by atoms with Gasteiger partial charge >= 0.3 is 0 Å².